The van der Waals surface area contributed by atoms with Crippen LogP contribution in [0.1, 0.15) is 19.3 Å². The van der Waals surface area contributed by atoms with E-state index in [1.165, 1.54) is 10.6 Å². The summed E-state index contributed by atoms with van der Waals surface area (Å²) in [4.78, 5) is 16.2. The average Bonchev–Trinajstić information content (AvgIpc) is 2.88. The Balaban J connectivity index is 1.77. The number of anilines is 1. The molecule has 1 aliphatic rings. The molecule has 0 aromatic carbocycles. The minimum absolute atomic E-state index is 0.135. The van der Waals surface area contributed by atoms with E-state index in [1.807, 2.05) is 12.1 Å². The molecule has 0 radical (unpaired) electrons. The van der Waals surface area contributed by atoms with Gasteiger partial charge in [0.05, 0.1) is 16.9 Å². The molecule has 0 unspecified atom stereocenters. The molecule has 21 heavy (non-hydrogen) atoms. The smallest absolute Gasteiger partial charge is 0.255 e. The first-order chi connectivity index (χ1) is 10.1. The molecule has 3 rings (SSSR count). The van der Waals surface area contributed by atoms with Crippen molar-refractivity contribution in [2.45, 2.75) is 31.3 Å². The third kappa shape index (κ3) is 3.25. The summed E-state index contributed by atoms with van der Waals surface area (Å²) < 4.78 is 1.48. The Bertz CT molecular complexity index is 683. The molecule has 0 spiro atoms. The van der Waals surface area contributed by atoms with Crippen LogP contribution < -0.4 is 16.6 Å². The van der Waals surface area contributed by atoms with Crippen LogP contribution >= 0.6 is 11.6 Å². The lowest BCUT2D eigenvalue weighted by atomic mass is 10.2. The molecule has 0 saturated heterocycles. The Morgan fingerprint density at radius 3 is 2.81 bits per heavy atom. The topological polar surface area (TPSA) is 72.9 Å². The van der Waals surface area contributed by atoms with Gasteiger partial charge in [-0.2, -0.15) is 0 Å². The summed E-state index contributed by atoms with van der Waals surface area (Å²) in [5.41, 5.74) is 6.45. The van der Waals surface area contributed by atoms with Crippen LogP contribution in [0.5, 0.6) is 0 Å². The maximum Gasteiger partial charge on any atom is 0.255 e. The molecule has 5 nitrogen and oxygen atoms in total. The highest BCUT2D eigenvalue weighted by Crippen LogP contribution is 2.21. The summed E-state index contributed by atoms with van der Waals surface area (Å²) in [5.74, 6) is 0.799. The quantitative estimate of drug-likeness (QED) is 0.911. The molecular formula is C15H17ClN4O. The zero-order chi connectivity index (χ0) is 14.8. The predicted molar refractivity (Wildman–Crippen MR) is 84.1 cm³/mol. The van der Waals surface area contributed by atoms with E-state index in [1.54, 1.807) is 18.5 Å². The highest BCUT2D eigenvalue weighted by Gasteiger charge is 2.21. The second-order valence-electron chi connectivity index (χ2n) is 5.37. The molecule has 110 valence electrons. The lowest BCUT2D eigenvalue weighted by Crippen LogP contribution is -2.21. The molecule has 2 heterocycles. The lowest BCUT2D eigenvalue weighted by molar-refractivity contribution is 0.686. The van der Waals surface area contributed by atoms with Crippen LogP contribution in [-0.4, -0.2) is 21.6 Å². The summed E-state index contributed by atoms with van der Waals surface area (Å²) in [6.07, 6.45) is 6.34. The summed E-state index contributed by atoms with van der Waals surface area (Å²) in [7, 11) is 0. The Hall–Kier alpha value is -1.85. The Morgan fingerprint density at radius 1 is 1.29 bits per heavy atom. The minimum atomic E-state index is -0.135. The van der Waals surface area contributed by atoms with Crippen LogP contribution in [0.2, 0.25) is 5.02 Å². The molecule has 3 N–H and O–H groups in total. The third-order valence-electron chi connectivity index (χ3n) is 3.73. The first-order valence-electron chi connectivity index (χ1n) is 6.98. The normalized spacial score (nSPS) is 21.4. The van der Waals surface area contributed by atoms with Gasteiger partial charge in [0, 0.05) is 24.3 Å². The van der Waals surface area contributed by atoms with Gasteiger partial charge in [0.2, 0.25) is 0 Å². The second kappa shape index (κ2) is 5.87. The zero-order valence-corrected chi connectivity index (χ0v) is 12.3. The van der Waals surface area contributed by atoms with Gasteiger partial charge in [0.15, 0.2) is 0 Å². The molecule has 0 bridgehead atoms. The molecule has 1 aliphatic carbocycles. The lowest BCUT2D eigenvalue weighted by Gasteiger charge is -2.13. The van der Waals surface area contributed by atoms with Crippen LogP contribution in [0, 0.1) is 0 Å². The zero-order valence-electron chi connectivity index (χ0n) is 11.5. The monoisotopic (exact) mass is 304 g/mol. The largest absolute Gasteiger partial charge is 0.367 e. The van der Waals surface area contributed by atoms with Crippen molar-refractivity contribution in [3.8, 4) is 5.69 Å². The van der Waals surface area contributed by atoms with Crippen molar-refractivity contribution in [2.75, 3.05) is 5.32 Å². The molecule has 0 amide bonds. The standard InChI is InChI=1S/C15H17ClN4O/c16-10-1-6-15(21)20(9-10)13-4-5-14(18-8-13)19-12-3-2-11(17)7-12/h1,4-6,8-9,11-12H,2-3,7,17H2,(H,18,19)/t11-,12-/m0/s1. The number of aromatic nitrogens is 2. The Kier molecular flexibility index (Phi) is 3.94. The third-order valence-corrected chi connectivity index (χ3v) is 3.95. The van der Waals surface area contributed by atoms with E-state index in [9.17, 15) is 4.79 Å². The number of pyridine rings is 2. The van der Waals surface area contributed by atoms with Gasteiger partial charge in [-0.25, -0.2) is 4.98 Å². The van der Waals surface area contributed by atoms with Gasteiger partial charge in [0.1, 0.15) is 5.82 Å². The van der Waals surface area contributed by atoms with Gasteiger partial charge in [-0.15, -0.1) is 0 Å². The number of nitrogens with two attached hydrogens (primary N) is 1. The summed E-state index contributed by atoms with van der Waals surface area (Å²) in [6.45, 7) is 0. The molecule has 6 heteroatoms. The Labute approximate surface area is 127 Å². The fourth-order valence-electron chi connectivity index (χ4n) is 2.63. The molecule has 2 aromatic heterocycles. The minimum Gasteiger partial charge on any atom is -0.367 e. The molecule has 1 fully saturated rings. The molecule has 2 aromatic rings. The van der Waals surface area contributed by atoms with E-state index >= 15 is 0 Å². The van der Waals surface area contributed by atoms with Crippen LogP contribution in [0.3, 0.4) is 0 Å². The number of halogens is 1. The fraction of sp³-hybridized carbons (Fsp3) is 0.333. The number of nitrogens with zero attached hydrogens (tertiary/aromatic N) is 2. The molecule has 2 atom stereocenters. The number of hydrogen-bond donors (Lipinski definition) is 2. The van der Waals surface area contributed by atoms with Crippen molar-refractivity contribution in [1.82, 2.24) is 9.55 Å². The number of nitrogens with one attached hydrogen (secondary N) is 1. The first-order valence-corrected chi connectivity index (χ1v) is 7.36. The van der Waals surface area contributed by atoms with Crippen molar-refractivity contribution in [1.29, 1.82) is 0 Å². The van der Waals surface area contributed by atoms with Gasteiger partial charge in [0.25, 0.3) is 5.56 Å². The molecule has 0 aliphatic heterocycles. The average molecular weight is 305 g/mol. The van der Waals surface area contributed by atoms with E-state index in [2.05, 4.69) is 10.3 Å². The maximum absolute atomic E-state index is 11.8. The highest BCUT2D eigenvalue weighted by molar-refractivity contribution is 6.30. The van der Waals surface area contributed by atoms with E-state index in [0.717, 1.165) is 25.1 Å². The number of rotatable bonds is 3. The van der Waals surface area contributed by atoms with E-state index in [0.29, 0.717) is 16.8 Å². The maximum atomic E-state index is 11.8. The molecule has 1 saturated carbocycles. The summed E-state index contributed by atoms with van der Waals surface area (Å²) in [5, 5.41) is 3.88. The van der Waals surface area contributed by atoms with E-state index in [4.69, 9.17) is 17.3 Å². The summed E-state index contributed by atoms with van der Waals surface area (Å²) in [6, 6.07) is 7.40. The van der Waals surface area contributed by atoms with Crippen LogP contribution in [0.4, 0.5) is 5.82 Å². The van der Waals surface area contributed by atoms with Crippen molar-refractivity contribution in [2.24, 2.45) is 5.73 Å². The van der Waals surface area contributed by atoms with Crippen molar-refractivity contribution >= 4 is 17.4 Å². The Morgan fingerprint density at radius 2 is 2.14 bits per heavy atom. The van der Waals surface area contributed by atoms with Crippen molar-refractivity contribution in [3.05, 3.63) is 52.0 Å². The van der Waals surface area contributed by atoms with Crippen LogP contribution in [0.15, 0.2) is 41.5 Å². The first kappa shape index (κ1) is 14.1. The predicted octanol–water partition coefficient (Wildman–Crippen LogP) is 2.18. The van der Waals surface area contributed by atoms with Gasteiger partial charge in [-0.3, -0.25) is 9.36 Å². The van der Waals surface area contributed by atoms with E-state index < -0.39 is 0 Å². The van der Waals surface area contributed by atoms with Gasteiger partial charge < -0.3 is 11.1 Å². The fourth-order valence-corrected chi connectivity index (χ4v) is 2.79. The van der Waals surface area contributed by atoms with Gasteiger partial charge in [-0.05, 0) is 37.5 Å². The number of hydrogen-bond acceptors (Lipinski definition) is 4. The second-order valence-corrected chi connectivity index (χ2v) is 5.81. The van der Waals surface area contributed by atoms with E-state index in [-0.39, 0.29) is 11.6 Å². The van der Waals surface area contributed by atoms with Crippen molar-refractivity contribution in [3.63, 3.8) is 0 Å². The van der Waals surface area contributed by atoms with Gasteiger partial charge >= 0.3 is 0 Å². The van der Waals surface area contributed by atoms with Crippen molar-refractivity contribution < 1.29 is 0 Å². The highest BCUT2D eigenvalue weighted by atomic mass is 35.5. The summed E-state index contributed by atoms with van der Waals surface area (Å²) >= 11 is 5.92. The molecular weight excluding hydrogens is 288 g/mol. The van der Waals surface area contributed by atoms with Crippen LogP contribution in [-0.2, 0) is 0 Å². The SMILES string of the molecule is N[C@H]1CC[C@H](Nc2ccc(-n3cc(Cl)ccc3=O)cn2)C1. The van der Waals surface area contributed by atoms with Gasteiger partial charge in [-0.1, -0.05) is 11.6 Å². The van der Waals surface area contributed by atoms with Crippen LogP contribution in [0.25, 0.3) is 5.69 Å².